The maximum Gasteiger partial charge on any atom is 0.257 e. The number of aromatic nitrogens is 2. The van der Waals surface area contributed by atoms with Crippen LogP contribution < -0.4 is 19.5 Å². The molecule has 156 valence electrons. The molecule has 1 amide bonds. The van der Waals surface area contributed by atoms with E-state index >= 15 is 0 Å². The molecule has 30 heavy (non-hydrogen) atoms. The van der Waals surface area contributed by atoms with Crippen molar-refractivity contribution in [2.45, 2.75) is 0 Å². The van der Waals surface area contributed by atoms with E-state index in [1.807, 2.05) is 0 Å². The summed E-state index contributed by atoms with van der Waals surface area (Å²) in [6.45, 7) is 0. The van der Waals surface area contributed by atoms with Crippen LogP contribution in [-0.4, -0.2) is 37.4 Å². The molecule has 7 nitrogen and oxygen atoms in total. The van der Waals surface area contributed by atoms with E-state index in [4.69, 9.17) is 14.2 Å². The van der Waals surface area contributed by atoms with Crippen LogP contribution in [0.5, 0.6) is 17.2 Å². The minimum Gasteiger partial charge on any atom is -0.493 e. The van der Waals surface area contributed by atoms with Gasteiger partial charge in [0.05, 0.1) is 25.8 Å². The van der Waals surface area contributed by atoms with E-state index < -0.39 is 11.7 Å². The van der Waals surface area contributed by atoms with Crippen LogP contribution in [0.25, 0.3) is 12.2 Å². The molecule has 2 aromatic carbocycles. The van der Waals surface area contributed by atoms with Crippen LogP contribution >= 0.6 is 27.3 Å². The van der Waals surface area contributed by atoms with Crippen molar-refractivity contribution in [2.24, 2.45) is 0 Å². The molecule has 1 aromatic heterocycles. The van der Waals surface area contributed by atoms with Gasteiger partial charge in [0.25, 0.3) is 5.91 Å². The first-order chi connectivity index (χ1) is 14.5. The second-order valence-electron chi connectivity index (χ2n) is 5.79. The number of nitrogens with one attached hydrogen (secondary N) is 1. The summed E-state index contributed by atoms with van der Waals surface area (Å²) in [6, 6.07) is 7.19. The first-order valence-electron chi connectivity index (χ1n) is 8.53. The Labute approximate surface area is 184 Å². The van der Waals surface area contributed by atoms with Crippen molar-refractivity contribution in [1.29, 1.82) is 0 Å². The van der Waals surface area contributed by atoms with Gasteiger partial charge in [0.2, 0.25) is 10.9 Å². The first kappa shape index (κ1) is 21.7. The molecule has 0 unspecified atom stereocenters. The molecule has 3 rings (SSSR count). The normalized spacial score (nSPS) is 10.8. The number of halogens is 2. The van der Waals surface area contributed by atoms with Crippen LogP contribution in [0.4, 0.5) is 9.52 Å². The molecule has 0 aliphatic rings. The van der Waals surface area contributed by atoms with E-state index in [2.05, 4.69) is 31.4 Å². The Morgan fingerprint density at radius 3 is 2.53 bits per heavy atom. The summed E-state index contributed by atoms with van der Waals surface area (Å²) in [7, 11) is 4.61. The minimum absolute atomic E-state index is 0.198. The van der Waals surface area contributed by atoms with Gasteiger partial charge in [-0.1, -0.05) is 23.5 Å². The zero-order chi connectivity index (χ0) is 21.7. The van der Waals surface area contributed by atoms with Gasteiger partial charge >= 0.3 is 0 Å². The van der Waals surface area contributed by atoms with E-state index in [-0.39, 0.29) is 5.56 Å². The number of rotatable bonds is 7. The largest absolute Gasteiger partial charge is 0.493 e. The highest BCUT2D eigenvalue weighted by Crippen LogP contribution is 2.45. The molecule has 0 radical (unpaired) electrons. The number of carbonyl (C=O) groups excluding carboxylic acids is 1. The molecular weight excluding hydrogens is 477 g/mol. The summed E-state index contributed by atoms with van der Waals surface area (Å²) in [5.41, 5.74) is 0.966. The van der Waals surface area contributed by atoms with Crippen LogP contribution in [-0.2, 0) is 0 Å². The minimum atomic E-state index is -0.487. The lowest BCUT2D eigenvalue weighted by atomic mass is 10.1. The van der Waals surface area contributed by atoms with Crippen molar-refractivity contribution in [1.82, 2.24) is 10.2 Å². The average molecular weight is 494 g/mol. The Morgan fingerprint density at radius 2 is 1.87 bits per heavy atom. The van der Waals surface area contributed by atoms with Crippen molar-refractivity contribution in [2.75, 3.05) is 26.6 Å². The summed E-state index contributed by atoms with van der Waals surface area (Å²) in [6.07, 6.45) is 3.54. The molecule has 0 atom stereocenters. The maximum atomic E-state index is 13.3. The van der Waals surface area contributed by atoms with Crippen LogP contribution in [0.2, 0.25) is 0 Å². The van der Waals surface area contributed by atoms with Crippen LogP contribution in [0, 0.1) is 5.82 Å². The third-order valence-corrected chi connectivity index (χ3v) is 5.57. The molecule has 0 saturated carbocycles. The van der Waals surface area contributed by atoms with Gasteiger partial charge < -0.3 is 14.2 Å². The highest BCUT2D eigenvalue weighted by molar-refractivity contribution is 9.10. The van der Waals surface area contributed by atoms with Gasteiger partial charge in [-0.25, -0.2) is 4.39 Å². The van der Waals surface area contributed by atoms with Gasteiger partial charge in [-0.3, -0.25) is 10.1 Å². The number of amides is 1. The Bertz CT molecular complexity index is 1100. The van der Waals surface area contributed by atoms with Crippen molar-refractivity contribution in [3.63, 3.8) is 0 Å². The maximum absolute atomic E-state index is 13.3. The number of benzene rings is 2. The predicted molar refractivity (Wildman–Crippen MR) is 117 cm³/mol. The van der Waals surface area contributed by atoms with Gasteiger partial charge in [-0.15, -0.1) is 10.2 Å². The average Bonchev–Trinajstić information content (AvgIpc) is 3.19. The number of hydrogen-bond acceptors (Lipinski definition) is 7. The van der Waals surface area contributed by atoms with E-state index in [0.717, 1.165) is 11.6 Å². The fraction of sp³-hybridized carbons (Fsp3) is 0.150. The second kappa shape index (κ2) is 9.68. The van der Waals surface area contributed by atoms with Crippen molar-refractivity contribution in [3.05, 3.63) is 56.8 Å². The zero-order valence-electron chi connectivity index (χ0n) is 16.2. The molecule has 3 aromatic rings. The van der Waals surface area contributed by atoms with Crippen LogP contribution in [0.1, 0.15) is 20.9 Å². The molecule has 1 heterocycles. The van der Waals surface area contributed by atoms with Crippen LogP contribution in [0.3, 0.4) is 0 Å². The summed E-state index contributed by atoms with van der Waals surface area (Å²) in [5, 5.41) is 11.4. The Morgan fingerprint density at radius 1 is 1.10 bits per heavy atom. The Balaban J connectivity index is 1.80. The fourth-order valence-corrected chi connectivity index (χ4v) is 3.80. The Hall–Kier alpha value is -2.98. The van der Waals surface area contributed by atoms with E-state index in [9.17, 15) is 9.18 Å². The standard InChI is InChI=1S/C20H17BrFN3O4S/c1-27-14-10-11(16(21)18(29-3)17(14)28-2)7-8-15-24-25-20(30-15)23-19(26)12-5-4-6-13(22)9-12/h4-10H,1-3H3,(H,23,25,26)/b8-7+. The number of methoxy groups -OCH3 is 3. The van der Waals surface area contributed by atoms with Gasteiger partial charge in [0, 0.05) is 5.56 Å². The van der Waals surface area contributed by atoms with Crippen molar-refractivity contribution >= 4 is 50.5 Å². The number of carbonyl (C=O) groups is 1. The lowest BCUT2D eigenvalue weighted by Gasteiger charge is -2.15. The van der Waals surface area contributed by atoms with Crippen LogP contribution in [0.15, 0.2) is 34.8 Å². The number of hydrogen-bond donors (Lipinski definition) is 1. The molecule has 10 heteroatoms. The highest BCUT2D eigenvalue weighted by atomic mass is 79.9. The number of anilines is 1. The molecular formula is C20H17BrFN3O4S. The Kier molecular flexibility index (Phi) is 7.01. The van der Waals surface area contributed by atoms with Gasteiger partial charge in [0.1, 0.15) is 10.8 Å². The van der Waals surface area contributed by atoms with Gasteiger partial charge in [0.15, 0.2) is 11.5 Å². The number of ether oxygens (including phenoxy) is 3. The van der Waals surface area contributed by atoms with Crippen molar-refractivity contribution < 1.29 is 23.4 Å². The smallest absolute Gasteiger partial charge is 0.257 e. The first-order valence-corrected chi connectivity index (χ1v) is 10.1. The summed E-state index contributed by atoms with van der Waals surface area (Å²) >= 11 is 4.68. The molecule has 0 aliphatic carbocycles. The fourth-order valence-electron chi connectivity index (χ4n) is 2.57. The molecule has 0 fully saturated rings. The highest BCUT2D eigenvalue weighted by Gasteiger charge is 2.18. The molecule has 0 saturated heterocycles. The SMILES string of the molecule is COc1cc(/C=C/c2nnc(NC(=O)c3cccc(F)c3)s2)c(Br)c(OC)c1OC. The lowest BCUT2D eigenvalue weighted by molar-refractivity contribution is 0.102. The van der Waals surface area contributed by atoms with Gasteiger partial charge in [-0.2, -0.15) is 0 Å². The van der Waals surface area contributed by atoms with Crippen molar-refractivity contribution in [3.8, 4) is 17.2 Å². The monoisotopic (exact) mass is 493 g/mol. The molecule has 1 N–H and O–H groups in total. The summed E-state index contributed by atoms with van der Waals surface area (Å²) in [4.78, 5) is 12.2. The van der Waals surface area contributed by atoms with Gasteiger partial charge in [-0.05, 0) is 51.8 Å². The second-order valence-corrected chi connectivity index (χ2v) is 7.59. The predicted octanol–water partition coefficient (Wildman–Crippen LogP) is 4.89. The zero-order valence-corrected chi connectivity index (χ0v) is 18.6. The molecule has 0 aliphatic heterocycles. The van der Waals surface area contributed by atoms with E-state index in [0.29, 0.717) is 31.9 Å². The molecule has 0 spiro atoms. The summed E-state index contributed by atoms with van der Waals surface area (Å²) in [5.74, 6) is 0.532. The topological polar surface area (TPSA) is 82.6 Å². The summed E-state index contributed by atoms with van der Waals surface area (Å²) < 4.78 is 30.1. The third kappa shape index (κ3) is 4.77. The third-order valence-electron chi connectivity index (χ3n) is 3.95. The quantitative estimate of drug-likeness (QED) is 0.504. The lowest BCUT2D eigenvalue weighted by Crippen LogP contribution is -2.11. The number of nitrogens with zero attached hydrogens (tertiary/aromatic N) is 2. The molecule has 0 bridgehead atoms. The van der Waals surface area contributed by atoms with E-state index in [1.54, 1.807) is 18.2 Å². The van der Waals surface area contributed by atoms with E-state index in [1.165, 1.54) is 50.9 Å².